The van der Waals surface area contributed by atoms with Crippen molar-refractivity contribution in [3.8, 4) is 11.5 Å². The van der Waals surface area contributed by atoms with E-state index in [4.69, 9.17) is 23.2 Å². The second-order valence-corrected chi connectivity index (χ2v) is 9.38. The fourth-order valence-electron chi connectivity index (χ4n) is 2.92. The molecule has 2 N–H and O–H groups in total. The van der Waals surface area contributed by atoms with Gasteiger partial charge in [-0.15, -0.1) is 10.2 Å². The Bertz CT molecular complexity index is 1260. The molecule has 0 spiro atoms. The summed E-state index contributed by atoms with van der Waals surface area (Å²) in [7, 11) is -4.51. The molecule has 2 aromatic heterocycles. The van der Waals surface area contributed by atoms with E-state index in [1.54, 1.807) is 13.8 Å². The molecule has 1 aromatic carbocycles. The predicted molar refractivity (Wildman–Crippen MR) is 112 cm³/mol. The molecule has 172 valence electrons. The molecule has 2 heterocycles. The number of alkyl halides is 3. The molecule has 0 saturated carbocycles. The maximum absolute atomic E-state index is 13.2. The molecule has 3 aromatic rings. The highest BCUT2D eigenvalue weighted by Gasteiger charge is 2.35. The Balaban J connectivity index is 2.12. The lowest BCUT2D eigenvalue weighted by Gasteiger charge is -2.16. The molecule has 0 atom stereocenters. The summed E-state index contributed by atoms with van der Waals surface area (Å²) in [5, 5.41) is 16.8. The number of hydrogen-bond acceptors (Lipinski definition) is 6. The number of aliphatic hydroxyl groups is 1. The molecule has 0 bridgehead atoms. The maximum atomic E-state index is 13.2. The van der Waals surface area contributed by atoms with Crippen LogP contribution >= 0.6 is 23.2 Å². The van der Waals surface area contributed by atoms with E-state index in [1.807, 2.05) is 0 Å². The van der Waals surface area contributed by atoms with E-state index in [2.05, 4.69) is 19.9 Å². The van der Waals surface area contributed by atoms with Crippen molar-refractivity contribution in [2.45, 2.75) is 37.6 Å². The third-order valence-corrected chi connectivity index (χ3v) is 6.19. The van der Waals surface area contributed by atoms with E-state index < -0.39 is 38.3 Å². The minimum atomic E-state index is -4.85. The largest absolute Gasteiger partial charge is 0.417 e. The molecular weight excluding hydrogens is 494 g/mol. The van der Waals surface area contributed by atoms with E-state index >= 15 is 0 Å². The number of aromatic nitrogens is 4. The molecular formula is C18H16Cl2F3N5O3S. The zero-order valence-electron chi connectivity index (χ0n) is 16.5. The summed E-state index contributed by atoms with van der Waals surface area (Å²) in [6.45, 7) is 3.15. The van der Waals surface area contributed by atoms with Crippen molar-refractivity contribution in [3.05, 3.63) is 51.9 Å². The van der Waals surface area contributed by atoms with Gasteiger partial charge >= 0.3 is 6.18 Å². The second-order valence-electron chi connectivity index (χ2n) is 6.86. The van der Waals surface area contributed by atoms with Crippen molar-refractivity contribution in [2.24, 2.45) is 0 Å². The molecule has 32 heavy (non-hydrogen) atoms. The monoisotopic (exact) mass is 509 g/mol. The van der Waals surface area contributed by atoms with Crippen LogP contribution in [-0.2, 0) is 22.8 Å². The van der Waals surface area contributed by atoms with Crippen molar-refractivity contribution in [1.29, 1.82) is 0 Å². The highest BCUT2D eigenvalue weighted by molar-refractivity contribution is 7.92. The summed E-state index contributed by atoms with van der Waals surface area (Å²) in [5.74, 6) is 0.346. The number of benzene rings is 1. The van der Waals surface area contributed by atoms with E-state index in [0.717, 1.165) is 12.1 Å². The van der Waals surface area contributed by atoms with Gasteiger partial charge in [-0.25, -0.2) is 13.4 Å². The smallest absolute Gasteiger partial charge is 0.388 e. The van der Waals surface area contributed by atoms with Gasteiger partial charge in [0.05, 0.1) is 26.2 Å². The molecule has 0 aliphatic rings. The van der Waals surface area contributed by atoms with Gasteiger partial charge in [0.25, 0.3) is 10.0 Å². The number of rotatable bonds is 6. The fourth-order valence-corrected chi connectivity index (χ4v) is 4.39. The number of halogens is 5. The van der Waals surface area contributed by atoms with Crippen LogP contribution in [-0.4, -0.2) is 33.3 Å². The summed E-state index contributed by atoms with van der Waals surface area (Å²) in [4.78, 5) is 3.46. The van der Waals surface area contributed by atoms with Crippen LogP contribution in [0.15, 0.2) is 35.4 Å². The number of nitrogens with zero attached hydrogens (tertiary/aromatic N) is 4. The average molecular weight is 510 g/mol. The molecule has 14 heteroatoms. The summed E-state index contributed by atoms with van der Waals surface area (Å²) in [5.41, 5.74) is -1.41. The average Bonchev–Trinajstić information content (AvgIpc) is 3.11. The van der Waals surface area contributed by atoms with Gasteiger partial charge in [-0.05, 0) is 38.1 Å². The molecule has 0 unspecified atom stereocenters. The Kier molecular flexibility index (Phi) is 6.70. The van der Waals surface area contributed by atoms with Crippen LogP contribution in [0.25, 0.3) is 11.5 Å². The SMILES string of the molecule is CC(C)n1c(CO)nnc1-c1ncc(Cl)cc1NS(=O)(=O)c1ccc(Cl)c(C(F)(F)F)c1. The molecule has 0 radical (unpaired) electrons. The molecule has 8 nitrogen and oxygen atoms in total. The van der Waals surface area contributed by atoms with Gasteiger partial charge in [0, 0.05) is 12.2 Å². The maximum Gasteiger partial charge on any atom is 0.417 e. The molecule has 0 saturated heterocycles. The first-order chi connectivity index (χ1) is 14.8. The van der Waals surface area contributed by atoms with Crippen molar-refractivity contribution < 1.29 is 26.7 Å². The first kappa shape index (κ1) is 24.2. The van der Waals surface area contributed by atoms with Gasteiger partial charge in [-0.1, -0.05) is 23.2 Å². The number of pyridine rings is 1. The predicted octanol–water partition coefficient (Wildman–Crippen LogP) is 4.54. The summed E-state index contributed by atoms with van der Waals surface area (Å²) < 4.78 is 69.0. The van der Waals surface area contributed by atoms with Crippen molar-refractivity contribution >= 4 is 38.9 Å². The third kappa shape index (κ3) is 4.82. The van der Waals surface area contributed by atoms with Gasteiger partial charge in [-0.2, -0.15) is 13.2 Å². The van der Waals surface area contributed by atoms with Crippen LogP contribution in [0.4, 0.5) is 18.9 Å². The van der Waals surface area contributed by atoms with Crippen molar-refractivity contribution in [2.75, 3.05) is 4.72 Å². The van der Waals surface area contributed by atoms with Crippen LogP contribution < -0.4 is 4.72 Å². The topological polar surface area (TPSA) is 110 Å². The molecule has 0 fully saturated rings. The highest BCUT2D eigenvalue weighted by Crippen LogP contribution is 2.37. The molecule has 0 amide bonds. The Hall–Kier alpha value is -2.41. The van der Waals surface area contributed by atoms with Crippen LogP contribution in [0.2, 0.25) is 10.0 Å². The summed E-state index contributed by atoms with van der Waals surface area (Å²) in [6, 6.07) is 3.23. The minimum Gasteiger partial charge on any atom is -0.388 e. The standard InChI is InChI=1S/C18H16Cl2F3N5O3S/c1-9(2)28-15(8-29)25-26-17(28)16-14(5-10(19)7-24-16)27-32(30,31)11-3-4-13(20)12(6-11)18(21,22)23/h3-7,9,27,29H,8H2,1-2H3. The van der Waals surface area contributed by atoms with Gasteiger partial charge in [0.15, 0.2) is 11.6 Å². The van der Waals surface area contributed by atoms with Crippen LogP contribution in [0.1, 0.15) is 31.3 Å². The first-order valence-electron chi connectivity index (χ1n) is 8.95. The number of hydrogen-bond donors (Lipinski definition) is 2. The number of nitrogens with one attached hydrogen (secondary N) is 1. The fraction of sp³-hybridized carbons (Fsp3) is 0.278. The van der Waals surface area contributed by atoms with E-state index in [-0.39, 0.29) is 34.1 Å². The zero-order chi connectivity index (χ0) is 23.8. The van der Waals surface area contributed by atoms with Gasteiger partial charge < -0.3 is 9.67 Å². The first-order valence-corrected chi connectivity index (χ1v) is 11.2. The molecule has 0 aliphatic carbocycles. The van der Waals surface area contributed by atoms with Crippen LogP contribution in [0.5, 0.6) is 0 Å². The van der Waals surface area contributed by atoms with E-state index in [0.29, 0.717) is 6.07 Å². The minimum absolute atomic E-state index is 0.0175. The van der Waals surface area contributed by atoms with Crippen molar-refractivity contribution in [3.63, 3.8) is 0 Å². The highest BCUT2D eigenvalue weighted by atomic mass is 35.5. The number of sulfonamides is 1. The van der Waals surface area contributed by atoms with E-state index in [1.165, 1.54) is 16.8 Å². The van der Waals surface area contributed by atoms with E-state index in [9.17, 15) is 26.7 Å². The molecule has 0 aliphatic heterocycles. The molecule has 3 rings (SSSR count). The Morgan fingerprint density at radius 2 is 1.88 bits per heavy atom. The lowest BCUT2D eigenvalue weighted by molar-refractivity contribution is -0.137. The van der Waals surface area contributed by atoms with Crippen LogP contribution in [0, 0.1) is 0 Å². The number of aliphatic hydroxyl groups excluding tert-OH is 1. The lowest BCUT2D eigenvalue weighted by atomic mass is 10.2. The van der Waals surface area contributed by atoms with Crippen LogP contribution in [0.3, 0.4) is 0 Å². The third-order valence-electron chi connectivity index (χ3n) is 4.29. The Morgan fingerprint density at radius 3 is 2.47 bits per heavy atom. The Morgan fingerprint density at radius 1 is 1.19 bits per heavy atom. The quantitative estimate of drug-likeness (QED) is 0.504. The van der Waals surface area contributed by atoms with Gasteiger partial charge in [0.1, 0.15) is 12.3 Å². The number of anilines is 1. The summed E-state index contributed by atoms with van der Waals surface area (Å²) >= 11 is 11.6. The Labute approximate surface area is 191 Å². The lowest BCUT2D eigenvalue weighted by Crippen LogP contribution is -2.16. The summed E-state index contributed by atoms with van der Waals surface area (Å²) in [6.07, 6.45) is -3.60. The normalized spacial score (nSPS) is 12.4. The van der Waals surface area contributed by atoms with Crippen molar-refractivity contribution in [1.82, 2.24) is 19.7 Å². The second kappa shape index (κ2) is 8.85. The zero-order valence-corrected chi connectivity index (χ0v) is 18.9. The van der Waals surface area contributed by atoms with Gasteiger partial charge in [-0.3, -0.25) is 4.72 Å². The van der Waals surface area contributed by atoms with Gasteiger partial charge in [0.2, 0.25) is 0 Å².